The monoisotopic (exact) mass is 225 g/mol. The molecule has 0 unspecified atom stereocenters. The van der Waals surface area contributed by atoms with Gasteiger partial charge in [0.1, 0.15) is 0 Å². The Balaban J connectivity index is 1.77. The smallest absolute Gasteiger partial charge is 0.306 e. The van der Waals surface area contributed by atoms with Crippen LogP contribution in [-0.4, -0.2) is 35.0 Å². The minimum atomic E-state index is -0.657. The second-order valence-electron chi connectivity index (χ2n) is 5.00. The van der Waals surface area contributed by atoms with Crippen LogP contribution in [0.1, 0.15) is 38.5 Å². The molecule has 1 amide bonds. The molecule has 0 radical (unpaired) electrons. The number of likely N-dealkylation sites (tertiary alicyclic amines) is 1. The molecule has 1 aliphatic heterocycles. The van der Waals surface area contributed by atoms with Gasteiger partial charge in [0.2, 0.25) is 5.91 Å². The Morgan fingerprint density at radius 2 is 2.00 bits per heavy atom. The van der Waals surface area contributed by atoms with E-state index in [0.29, 0.717) is 12.3 Å². The molecule has 2 aliphatic rings. The van der Waals surface area contributed by atoms with Crippen molar-refractivity contribution in [3.05, 3.63) is 0 Å². The maximum atomic E-state index is 11.5. The quantitative estimate of drug-likeness (QED) is 0.791. The summed E-state index contributed by atoms with van der Waals surface area (Å²) in [7, 11) is 0. The lowest BCUT2D eigenvalue weighted by atomic mass is 9.82. The molecule has 2 fully saturated rings. The van der Waals surface area contributed by atoms with Crippen molar-refractivity contribution in [2.24, 2.45) is 11.8 Å². The van der Waals surface area contributed by atoms with E-state index in [1.807, 2.05) is 4.90 Å². The number of carboxylic acids is 1. The highest BCUT2D eigenvalue weighted by Gasteiger charge is 2.29. The van der Waals surface area contributed by atoms with Gasteiger partial charge in [-0.15, -0.1) is 0 Å². The minimum Gasteiger partial charge on any atom is -0.481 e. The molecule has 1 heterocycles. The zero-order chi connectivity index (χ0) is 11.5. The lowest BCUT2D eigenvalue weighted by Gasteiger charge is -2.29. The Morgan fingerprint density at radius 3 is 2.50 bits per heavy atom. The van der Waals surface area contributed by atoms with Gasteiger partial charge in [0.15, 0.2) is 0 Å². The molecule has 1 N–H and O–H groups in total. The van der Waals surface area contributed by atoms with Crippen LogP contribution in [0.3, 0.4) is 0 Å². The van der Waals surface area contributed by atoms with Crippen molar-refractivity contribution < 1.29 is 14.7 Å². The van der Waals surface area contributed by atoms with E-state index in [0.717, 1.165) is 45.2 Å². The topological polar surface area (TPSA) is 57.6 Å². The molecule has 0 atom stereocenters. The zero-order valence-corrected chi connectivity index (χ0v) is 9.52. The molecule has 4 heteroatoms. The van der Waals surface area contributed by atoms with E-state index in [2.05, 4.69) is 0 Å². The van der Waals surface area contributed by atoms with Crippen molar-refractivity contribution in [3.63, 3.8) is 0 Å². The van der Waals surface area contributed by atoms with Crippen LogP contribution in [0.4, 0.5) is 0 Å². The minimum absolute atomic E-state index is 0.148. The van der Waals surface area contributed by atoms with Gasteiger partial charge in [0, 0.05) is 19.5 Å². The Labute approximate surface area is 95.6 Å². The first-order valence-electron chi connectivity index (χ1n) is 6.17. The van der Waals surface area contributed by atoms with Crippen molar-refractivity contribution in [1.29, 1.82) is 0 Å². The first kappa shape index (κ1) is 11.4. The first-order valence-corrected chi connectivity index (χ1v) is 6.17. The fourth-order valence-corrected chi connectivity index (χ4v) is 2.80. The maximum absolute atomic E-state index is 11.5. The van der Waals surface area contributed by atoms with Gasteiger partial charge in [0.05, 0.1) is 5.92 Å². The van der Waals surface area contributed by atoms with Crippen molar-refractivity contribution in [2.45, 2.75) is 38.5 Å². The van der Waals surface area contributed by atoms with Gasteiger partial charge in [-0.3, -0.25) is 9.59 Å². The second kappa shape index (κ2) is 4.85. The van der Waals surface area contributed by atoms with E-state index in [1.165, 1.54) is 0 Å². The number of hydrogen-bond donors (Lipinski definition) is 1. The van der Waals surface area contributed by atoms with Crippen LogP contribution in [0.15, 0.2) is 0 Å². The molecule has 4 nitrogen and oxygen atoms in total. The van der Waals surface area contributed by atoms with Crippen LogP contribution < -0.4 is 0 Å². The number of amides is 1. The first-order chi connectivity index (χ1) is 7.66. The Hall–Kier alpha value is -1.06. The van der Waals surface area contributed by atoms with Crippen molar-refractivity contribution in [1.82, 2.24) is 4.90 Å². The lowest BCUT2D eigenvalue weighted by molar-refractivity contribution is -0.143. The average molecular weight is 225 g/mol. The molecule has 1 aliphatic carbocycles. The van der Waals surface area contributed by atoms with Crippen molar-refractivity contribution >= 4 is 11.9 Å². The molecule has 2 rings (SSSR count). The van der Waals surface area contributed by atoms with E-state index in [-0.39, 0.29) is 11.8 Å². The summed E-state index contributed by atoms with van der Waals surface area (Å²) in [6, 6.07) is 0. The predicted molar refractivity (Wildman–Crippen MR) is 58.9 cm³/mol. The zero-order valence-electron chi connectivity index (χ0n) is 9.52. The lowest BCUT2D eigenvalue weighted by Crippen LogP contribution is -2.33. The molecule has 1 saturated carbocycles. The van der Waals surface area contributed by atoms with E-state index in [9.17, 15) is 9.59 Å². The molecule has 0 aromatic carbocycles. The van der Waals surface area contributed by atoms with Crippen LogP contribution in [0.25, 0.3) is 0 Å². The van der Waals surface area contributed by atoms with E-state index < -0.39 is 5.97 Å². The van der Waals surface area contributed by atoms with Crippen LogP contribution in [-0.2, 0) is 9.59 Å². The summed E-state index contributed by atoms with van der Waals surface area (Å²) in [5.41, 5.74) is 0. The third-order valence-corrected chi connectivity index (χ3v) is 3.85. The normalized spacial score (nSPS) is 30.8. The van der Waals surface area contributed by atoms with Gasteiger partial charge in [-0.2, -0.15) is 0 Å². The number of carbonyl (C=O) groups is 2. The molecule has 0 spiro atoms. The molecule has 90 valence electrons. The maximum Gasteiger partial charge on any atom is 0.306 e. The molecular formula is C12H19NO3. The van der Waals surface area contributed by atoms with Gasteiger partial charge in [-0.25, -0.2) is 0 Å². The van der Waals surface area contributed by atoms with Crippen LogP contribution in [0.2, 0.25) is 0 Å². The number of hydrogen-bond acceptors (Lipinski definition) is 2. The third kappa shape index (κ3) is 2.54. The van der Waals surface area contributed by atoms with E-state index in [4.69, 9.17) is 5.11 Å². The van der Waals surface area contributed by atoms with E-state index >= 15 is 0 Å². The summed E-state index contributed by atoms with van der Waals surface area (Å²) >= 11 is 0. The number of rotatable bonds is 3. The number of carboxylic acid groups (broad SMARTS) is 1. The highest BCUT2D eigenvalue weighted by Crippen LogP contribution is 2.30. The van der Waals surface area contributed by atoms with Crippen molar-refractivity contribution in [3.8, 4) is 0 Å². The second-order valence-corrected chi connectivity index (χ2v) is 5.00. The van der Waals surface area contributed by atoms with Gasteiger partial charge in [-0.1, -0.05) is 0 Å². The number of nitrogens with zero attached hydrogens (tertiary/aromatic N) is 1. The van der Waals surface area contributed by atoms with Gasteiger partial charge >= 0.3 is 5.97 Å². The summed E-state index contributed by atoms with van der Waals surface area (Å²) in [6.45, 7) is 1.75. The highest BCUT2D eigenvalue weighted by molar-refractivity contribution is 5.78. The largest absolute Gasteiger partial charge is 0.481 e. The molecule has 1 saturated heterocycles. The fourth-order valence-electron chi connectivity index (χ4n) is 2.80. The van der Waals surface area contributed by atoms with Gasteiger partial charge < -0.3 is 10.0 Å². The number of aliphatic carboxylic acids is 1. The molecule has 0 aromatic rings. The fraction of sp³-hybridized carbons (Fsp3) is 0.833. The summed E-state index contributed by atoms with van der Waals surface area (Å²) in [4.78, 5) is 24.2. The van der Waals surface area contributed by atoms with Crippen LogP contribution >= 0.6 is 0 Å². The molecular weight excluding hydrogens is 206 g/mol. The van der Waals surface area contributed by atoms with Crippen molar-refractivity contribution in [2.75, 3.05) is 13.1 Å². The standard InChI is InChI=1S/C12H19NO3/c14-11-2-1-7-13(11)8-9-3-5-10(6-4-9)12(15)16/h9-10H,1-8H2,(H,15,16). The third-order valence-electron chi connectivity index (χ3n) is 3.85. The van der Waals surface area contributed by atoms with Gasteiger partial charge in [-0.05, 0) is 38.0 Å². The molecule has 0 bridgehead atoms. The Kier molecular flexibility index (Phi) is 3.46. The molecule has 16 heavy (non-hydrogen) atoms. The summed E-state index contributed by atoms with van der Waals surface area (Å²) in [5, 5.41) is 8.89. The highest BCUT2D eigenvalue weighted by atomic mass is 16.4. The van der Waals surface area contributed by atoms with E-state index in [1.54, 1.807) is 0 Å². The summed E-state index contributed by atoms with van der Waals surface area (Å²) in [5.74, 6) is -0.000707. The summed E-state index contributed by atoms with van der Waals surface area (Å²) in [6.07, 6.45) is 5.17. The van der Waals surface area contributed by atoms with Crippen LogP contribution in [0, 0.1) is 11.8 Å². The Morgan fingerprint density at radius 1 is 1.31 bits per heavy atom. The summed E-state index contributed by atoms with van der Waals surface area (Å²) < 4.78 is 0. The van der Waals surface area contributed by atoms with Gasteiger partial charge in [0.25, 0.3) is 0 Å². The average Bonchev–Trinajstić information content (AvgIpc) is 2.65. The Bertz CT molecular complexity index is 282. The molecule has 0 aromatic heterocycles. The number of carbonyl (C=O) groups excluding carboxylic acids is 1. The SMILES string of the molecule is O=C(O)C1CCC(CN2CCCC2=O)CC1. The predicted octanol–water partition coefficient (Wildman–Crippen LogP) is 1.50. The van der Waals surface area contributed by atoms with Crippen LogP contribution in [0.5, 0.6) is 0 Å².